The van der Waals surface area contributed by atoms with E-state index in [1.165, 1.54) is 18.5 Å². The van der Waals surface area contributed by atoms with Gasteiger partial charge in [0.1, 0.15) is 0 Å². The summed E-state index contributed by atoms with van der Waals surface area (Å²) in [6.45, 7) is 4.44. The molecular weight excluding hydrogens is 278 g/mol. The molecule has 0 amide bonds. The summed E-state index contributed by atoms with van der Waals surface area (Å²) in [5, 5.41) is 0. The maximum atomic E-state index is 10.8. The standard InChI is InChI=1S/C14H18BrNO/c1-2-7-16(9-11-3-4-11)13-6-5-12(10-17)14(15)8-13/h5-6,8,10-11H,2-4,7,9H2,1H3. The van der Waals surface area contributed by atoms with Crippen LogP contribution in [0.1, 0.15) is 36.5 Å². The largest absolute Gasteiger partial charge is 0.371 e. The van der Waals surface area contributed by atoms with E-state index in [-0.39, 0.29) is 0 Å². The molecule has 2 nitrogen and oxygen atoms in total. The van der Waals surface area contributed by atoms with E-state index in [9.17, 15) is 4.79 Å². The summed E-state index contributed by atoms with van der Waals surface area (Å²) >= 11 is 3.45. The molecule has 0 heterocycles. The van der Waals surface area contributed by atoms with Crippen molar-refractivity contribution in [3.63, 3.8) is 0 Å². The Balaban J connectivity index is 2.15. The molecule has 0 aliphatic heterocycles. The minimum Gasteiger partial charge on any atom is -0.371 e. The summed E-state index contributed by atoms with van der Waals surface area (Å²) in [5.41, 5.74) is 1.94. The van der Waals surface area contributed by atoms with Gasteiger partial charge < -0.3 is 4.90 Å². The Hall–Kier alpha value is -0.830. The van der Waals surface area contributed by atoms with Crippen LogP contribution in [0.15, 0.2) is 22.7 Å². The van der Waals surface area contributed by atoms with Crippen molar-refractivity contribution in [3.05, 3.63) is 28.2 Å². The molecule has 0 spiro atoms. The predicted octanol–water partition coefficient (Wildman–Crippen LogP) is 3.89. The van der Waals surface area contributed by atoms with Gasteiger partial charge in [-0.15, -0.1) is 0 Å². The zero-order chi connectivity index (χ0) is 12.3. The van der Waals surface area contributed by atoms with Crippen LogP contribution in [0.4, 0.5) is 5.69 Å². The van der Waals surface area contributed by atoms with Crippen LogP contribution in [0.3, 0.4) is 0 Å². The lowest BCUT2D eigenvalue weighted by molar-refractivity contribution is 0.112. The van der Waals surface area contributed by atoms with E-state index in [1.54, 1.807) is 0 Å². The van der Waals surface area contributed by atoms with Crippen LogP contribution >= 0.6 is 15.9 Å². The molecule has 2 rings (SSSR count). The average Bonchev–Trinajstić information content (AvgIpc) is 3.12. The summed E-state index contributed by atoms with van der Waals surface area (Å²) in [5.74, 6) is 0.881. The van der Waals surface area contributed by atoms with Crippen molar-refractivity contribution >= 4 is 27.9 Å². The molecule has 0 saturated heterocycles. The van der Waals surface area contributed by atoms with Gasteiger partial charge in [-0.1, -0.05) is 6.92 Å². The number of carbonyl (C=O) groups is 1. The molecule has 92 valence electrons. The van der Waals surface area contributed by atoms with Crippen molar-refractivity contribution < 1.29 is 4.79 Å². The minimum atomic E-state index is 0.719. The lowest BCUT2D eigenvalue weighted by Gasteiger charge is -2.24. The molecule has 0 bridgehead atoms. The van der Waals surface area contributed by atoms with Gasteiger partial charge in [-0.2, -0.15) is 0 Å². The third kappa shape index (κ3) is 3.32. The quantitative estimate of drug-likeness (QED) is 0.742. The fraction of sp³-hybridized carbons (Fsp3) is 0.500. The topological polar surface area (TPSA) is 20.3 Å². The normalized spacial score (nSPS) is 14.7. The summed E-state index contributed by atoms with van der Waals surface area (Å²) in [4.78, 5) is 13.2. The molecule has 1 aromatic rings. The molecule has 1 fully saturated rings. The Bertz CT molecular complexity index is 401. The number of hydrogen-bond donors (Lipinski definition) is 0. The average molecular weight is 296 g/mol. The van der Waals surface area contributed by atoms with Crippen molar-refractivity contribution in [2.75, 3.05) is 18.0 Å². The van der Waals surface area contributed by atoms with E-state index >= 15 is 0 Å². The van der Waals surface area contributed by atoms with E-state index in [1.807, 2.05) is 12.1 Å². The van der Waals surface area contributed by atoms with E-state index < -0.39 is 0 Å². The first-order chi connectivity index (χ1) is 8.24. The van der Waals surface area contributed by atoms with Gasteiger partial charge >= 0.3 is 0 Å². The fourth-order valence-corrected chi connectivity index (χ4v) is 2.48. The van der Waals surface area contributed by atoms with Crippen molar-refractivity contribution in [3.8, 4) is 0 Å². The number of benzene rings is 1. The molecule has 0 aromatic heterocycles. The third-order valence-electron chi connectivity index (χ3n) is 3.15. The Labute approximate surface area is 111 Å². The van der Waals surface area contributed by atoms with Crippen molar-refractivity contribution in [1.29, 1.82) is 0 Å². The third-order valence-corrected chi connectivity index (χ3v) is 3.83. The van der Waals surface area contributed by atoms with Crippen LogP contribution in [0, 0.1) is 5.92 Å². The maximum Gasteiger partial charge on any atom is 0.151 e. The first-order valence-electron chi connectivity index (χ1n) is 6.24. The zero-order valence-corrected chi connectivity index (χ0v) is 11.7. The van der Waals surface area contributed by atoms with Gasteiger partial charge in [0.25, 0.3) is 0 Å². The van der Waals surface area contributed by atoms with E-state index in [0.717, 1.165) is 41.8 Å². The molecule has 1 aromatic carbocycles. The molecule has 0 atom stereocenters. The van der Waals surface area contributed by atoms with E-state index in [4.69, 9.17) is 0 Å². The molecule has 0 unspecified atom stereocenters. The lowest BCUT2D eigenvalue weighted by Crippen LogP contribution is -2.26. The summed E-state index contributed by atoms with van der Waals surface area (Å²) in [6.07, 6.45) is 4.78. The highest BCUT2D eigenvalue weighted by Crippen LogP contribution is 2.32. The fourth-order valence-electron chi connectivity index (χ4n) is 2.02. The van der Waals surface area contributed by atoms with Gasteiger partial charge in [-0.3, -0.25) is 4.79 Å². The first kappa shape index (κ1) is 12.6. The van der Waals surface area contributed by atoms with Crippen LogP contribution in [0.5, 0.6) is 0 Å². The van der Waals surface area contributed by atoms with Crippen LogP contribution in [0.2, 0.25) is 0 Å². The second kappa shape index (κ2) is 5.67. The number of halogens is 1. The Morgan fingerprint density at radius 3 is 2.76 bits per heavy atom. The first-order valence-corrected chi connectivity index (χ1v) is 7.03. The number of hydrogen-bond acceptors (Lipinski definition) is 2. The number of anilines is 1. The van der Waals surface area contributed by atoms with Gasteiger partial charge in [0.05, 0.1) is 0 Å². The van der Waals surface area contributed by atoms with Gasteiger partial charge in [-0.25, -0.2) is 0 Å². The highest BCUT2D eigenvalue weighted by molar-refractivity contribution is 9.10. The van der Waals surface area contributed by atoms with Gasteiger partial charge in [0, 0.05) is 28.8 Å². The molecular formula is C14H18BrNO. The second-order valence-electron chi connectivity index (χ2n) is 4.71. The van der Waals surface area contributed by atoms with Gasteiger partial charge in [-0.05, 0) is 59.3 Å². The highest BCUT2D eigenvalue weighted by Gasteiger charge is 2.24. The van der Waals surface area contributed by atoms with Crippen molar-refractivity contribution in [1.82, 2.24) is 0 Å². The molecule has 0 radical (unpaired) electrons. The monoisotopic (exact) mass is 295 g/mol. The number of nitrogens with zero attached hydrogens (tertiary/aromatic N) is 1. The van der Waals surface area contributed by atoms with Crippen LogP contribution < -0.4 is 4.90 Å². The molecule has 1 saturated carbocycles. The minimum absolute atomic E-state index is 0.719. The summed E-state index contributed by atoms with van der Waals surface area (Å²) in [7, 11) is 0. The van der Waals surface area contributed by atoms with Gasteiger partial charge in [0.15, 0.2) is 6.29 Å². The number of aldehydes is 1. The molecule has 17 heavy (non-hydrogen) atoms. The van der Waals surface area contributed by atoms with Crippen LogP contribution in [-0.4, -0.2) is 19.4 Å². The SMILES string of the molecule is CCCN(CC1CC1)c1ccc(C=O)c(Br)c1. The van der Waals surface area contributed by atoms with E-state index in [2.05, 4.69) is 33.8 Å². The maximum absolute atomic E-state index is 10.8. The summed E-state index contributed by atoms with van der Waals surface area (Å²) < 4.78 is 0.891. The number of rotatable bonds is 6. The van der Waals surface area contributed by atoms with Crippen molar-refractivity contribution in [2.45, 2.75) is 26.2 Å². The highest BCUT2D eigenvalue weighted by atomic mass is 79.9. The smallest absolute Gasteiger partial charge is 0.151 e. The predicted molar refractivity (Wildman–Crippen MR) is 74.8 cm³/mol. The zero-order valence-electron chi connectivity index (χ0n) is 10.2. The second-order valence-corrected chi connectivity index (χ2v) is 5.57. The van der Waals surface area contributed by atoms with Crippen molar-refractivity contribution in [2.24, 2.45) is 5.92 Å². The summed E-state index contributed by atoms with van der Waals surface area (Å²) in [6, 6.07) is 6.00. The molecule has 3 heteroatoms. The van der Waals surface area contributed by atoms with Crippen LogP contribution in [-0.2, 0) is 0 Å². The van der Waals surface area contributed by atoms with E-state index in [0.29, 0.717) is 0 Å². The molecule has 1 aliphatic carbocycles. The Kier molecular flexibility index (Phi) is 4.21. The molecule has 1 aliphatic rings. The lowest BCUT2D eigenvalue weighted by atomic mass is 10.2. The van der Waals surface area contributed by atoms with Crippen LogP contribution in [0.25, 0.3) is 0 Å². The molecule has 0 N–H and O–H groups in total. The Morgan fingerprint density at radius 1 is 1.47 bits per heavy atom. The number of carbonyl (C=O) groups excluding carboxylic acids is 1. The van der Waals surface area contributed by atoms with Gasteiger partial charge in [0.2, 0.25) is 0 Å². The Morgan fingerprint density at radius 2 is 2.24 bits per heavy atom.